The lowest BCUT2D eigenvalue weighted by molar-refractivity contribution is 0.0947. The minimum atomic E-state index is -0.685. The van der Waals surface area contributed by atoms with E-state index in [1.165, 1.54) is 35.2 Å². The predicted octanol–water partition coefficient (Wildman–Crippen LogP) is 4.85. The smallest absolute Gasteiger partial charge is 0.293 e. The molecule has 46 heavy (non-hydrogen) atoms. The number of hydrazone groups is 1. The number of carbonyl (C=O) groups excluding carboxylic acids is 1. The summed E-state index contributed by atoms with van der Waals surface area (Å²) in [5, 5.41) is 21.5. The summed E-state index contributed by atoms with van der Waals surface area (Å²) >= 11 is 0. The number of aromatic nitrogens is 5. The Kier molecular flexibility index (Phi) is 8.76. The topological polar surface area (TPSA) is 165 Å². The van der Waals surface area contributed by atoms with Crippen LogP contribution >= 0.6 is 0 Å². The Morgan fingerprint density at radius 1 is 0.978 bits per heavy atom. The van der Waals surface area contributed by atoms with Gasteiger partial charge in [-0.2, -0.15) is 9.78 Å². The van der Waals surface area contributed by atoms with Crippen LogP contribution in [0.5, 0.6) is 17.2 Å². The molecule has 2 heterocycles. The van der Waals surface area contributed by atoms with Crippen molar-refractivity contribution in [1.29, 1.82) is 0 Å². The molecule has 0 unspecified atom stereocenters. The molecule has 0 fully saturated rings. The molecule has 13 nitrogen and oxygen atoms in total. The van der Waals surface area contributed by atoms with Gasteiger partial charge in [0.1, 0.15) is 30.5 Å². The van der Waals surface area contributed by atoms with E-state index in [1.807, 2.05) is 31.2 Å². The van der Waals surface area contributed by atoms with E-state index in [0.29, 0.717) is 36.0 Å². The van der Waals surface area contributed by atoms with E-state index in [0.717, 1.165) is 16.3 Å². The van der Waals surface area contributed by atoms with Gasteiger partial charge >= 0.3 is 0 Å². The fourth-order valence-corrected chi connectivity index (χ4v) is 4.58. The molecular formula is C32H27FN8O5. The van der Waals surface area contributed by atoms with Gasteiger partial charge in [-0.1, -0.05) is 47.7 Å². The number of anilines is 1. The Labute approximate surface area is 261 Å². The van der Waals surface area contributed by atoms with Crippen molar-refractivity contribution in [2.45, 2.75) is 20.1 Å². The van der Waals surface area contributed by atoms with Crippen molar-refractivity contribution >= 4 is 28.7 Å². The van der Waals surface area contributed by atoms with E-state index in [1.54, 1.807) is 18.2 Å². The number of nitrogen functional groups attached to an aromatic ring is 1. The highest BCUT2D eigenvalue weighted by molar-refractivity contribution is 5.94. The van der Waals surface area contributed by atoms with E-state index in [4.69, 9.17) is 19.9 Å². The number of amides is 1. The van der Waals surface area contributed by atoms with Gasteiger partial charge in [0.2, 0.25) is 11.6 Å². The average Bonchev–Trinajstić information content (AvgIpc) is 3.69. The van der Waals surface area contributed by atoms with Gasteiger partial charge in [-0.3, -0.25) is 4.79 Å². The lowest BCUT2D eigenvalue weighted by atomic mass is 10.1. The van der Waals surface area contributed by atoms with Crippen molar-refractivity contribution < 1.29 is 28.0 Å². The molecule has 0 saturated carbocycles. The maximum Gasteiger partial charge on any atom is 0.293 e. The van der Waals surface area contributed by atoms with Crippen LogP contribution in [0.15, 0.2) is 94.7 Å². The standard InChI is InChI=1S/C32H27FN8O5/c1-2-43-28-16-20(10-15-27(28)45-18-22-8-5-7-21-6-3-4-9-25(21)22)17-35-37-32(42)29-26(19-44-24-13-11-23(33)12-14-24)41(40-36-29)31-30(34)38-46-39-31/h3-17H,2,18-19H2,1H3,(H2,34,38)(H,37,42)/b35-17-. The third-order valence-corrected chi connectivity index (χ3v) is 6.77. The first kappa shape index (κ1) is 29.7. The summed E-state index contributed by atoms with van der Waals surface area (Å²) in [7, 11) is 0. The van der Waals surface area contributed by atoms with Crippen LogP contribution in [0, 0.1) is 5.82 Å². The minimum absolute atomic E-state index is 0.0129. The number of hydrogen-bond acceptors (Lipinski definition) is 11. The van der Waals surface area contributed by atoms with Gasteiger partial charge in [0.05, 0.1) is 12.8 Å². The van der Waals surface area contributed by atoms with Crippen molar-refractivity contribution in [3.8, 4) is 23.1 Å². The Hall–Kier alpha value is -6.31. The zero-order valence-electron chi connectivity index (χ0n) is 24.5. The highest BCUT2D eigenvalue weighted by Gasteiger charge is 2.24. The molecule has 0 bridgehead atoms. The highest BCUT2D eigenvalue weighted by atomic mass is 19.1. The zero-order valence-corrected chi connectivity index (χ0v) is 24.5. The second-order valence-corrected chi connectivity index (χ2v) is 9.78. The number of rotatable bonds is 12. The number of ether oxygens (including phenoxy) is 3. The van der Waals surface area contributed by atoms with Gasteiger partial charge in [-0.15, -0.1) is 5.10 Å². The number of fused-ring (bicyclic) bond motifs is 1. The maximum atomic E-state index is 13.3. The molecule has 6 aromatic rings. The molecule has 0 aliphatic heterocycles. The molecule has 14 heteroatoms. The van der Waals surface area contributed by atoms with Crippen LogP contribution in [0.1, 0.15) is 34.2 Å². The molecule has 0 saturated heterocycles. The molecule has 3 N–H and O–H groups in total. The van der Waals surface area contributed by atoms with Crippen LogP contribution in [0.2, 0.25) is 0 Å². The van der Waals surface area contributed by atoms with Gasteiger partial charge in [-0.25, -0.2) is 14.4 Å². The first-order valence-electron chi connectivity index (χ1n) is 14.1. The van der Waals surface area contributed by atoms with Crippen LogP contribution in [0.25, 0.3) is 16.6 Å². The number of nitrogens with one attached hydrogen (secondary N) is 1. The summed E-state index contributed by atoms with van der Waals surface area (Å²) in [6, 6.07) is 24.9. The molecule has 0 aliphatic rings. The average molecular weight is 623 g/mol. The van der Waals surface area contributed by atoms with Crippen LogP contribution < -0.4 is 25.4 Å². The molecule has 0 radical (unpaired) electrons. The third-order valence-electron chi connectivity index (χ3n) is 6.77. The molecular weight excluding hydrogens is 595 g/mol. The fraction of sp³-hybridized carbons (Fsp3) is 0.125. The molecule has 0 spiro atoms. The Bertz CT molecular complexity index is 2000. The van der Waals surface area contributed by atoms with E-state index in [9.17, 15) is 9.18 Å². The molecule has 4 aromatic carbocycles. The van der Waals surface area contributed by atoms with Crippen molar-refractivity contribution in [3.63, 3.8) is 0 Å². The summed E-state index contributed by atoms with van der Waals surface area (Å²) in [6.45, 7) is 2.46. The quantitative estimate of drug-likeness (QED) is 0.142. The Balaban J connectivity index is 1.16. The number of hydrogen-bond donors (Lipinski definition) is 2. The monoisotopic (exact) mass is 622 g/mol. The van der Waals surface area contributed by atoms with Gasteiger partial charge in [0, 0.05) is 0 Å². The summed E-state index contributed by atoms with van der Waals surface area (Å²) in [6.07, 6.45) is 1.45. The molecule has 232 valence electrons. The first-order valence-corrected chi connectivity index (χ1v) is 14.1. The molecule has 2 aromatic heterocycles. The number of halogens is 1. The summed E-state index contributed by atoms with van der Waals surface area (Å²) in [4.78, 5) is 13.1. The largest absolute Gasteiger partial charge is 0.490 e. The summed E-state index contributed by atoms with van der Waals surface area (Å²) in [5.41, 5.74) is 10.0. The second-order valence-electron chi connectivity index (χ2n) is 9.78. The highest BCUT2D eigenvalue weighted by Crippen LogP contribution is 2.30. The van der Waals surface area contributed by atoms with Crippen LogP contribution in [-0.2, 0) is 13.2 Å². The van der Waals surface area contributed by atoms with Crippen LogP contribution in [0.4, 0.5) is 10.2 Å². The fourth-order valence-electron chi connectivity index (χ4n) is 4.58. The van der Waals surface area contributed by atoms with Gasteiger partial charge in [-0.05, 0) is 81.6 Å². The zero-order chi connectivity index (χ0) is 31.9. The first-order chi connectivity index (χ1) is 22.5. The van der Waals surface area contributed by atoms with Crippen molar-refractivity contribution in [3.05, 3.63) is 113 Å². The SMILES string of the molecule is CCOc1cc(/C=N\NC(=O)c2nnn(-c3nonc3N)c2COc2ccc(F)cc2)ccc1OCc1cccc2ccccc12. The number of carbonyl (C=O) groups is 1. The second kappa shape index (κ2) is 13.5. The minimum Gasteiger partial charge on any atom is -0.490 e. The van der Waals surface area contributed by atoms with Crippen LogP contribution in [-0.4, -0.2) is 44.0 Å². The number of nitrogens with two attached hydrogens (primary N) is 1. The Morgan fingerprint density at radius 2 is 1.80 bits per heavy atom. The maximum absolute atomic E-state index is 13.3. The molecule has 1 amide bonds. The third kappa shape index (κ3) is 6.60. The lowest BCUT2D eigenvalue weighted by Crippen LogP contribution is -2.21. The summed E-state index contributed by atoms with van der Waals surface area (Å²) < 4.78 is 36.9. The van der Waals surface area contributed by atoms with E-state index in [-0.39, 0.29) is 29.6 Å². The van der Waals surface area contributed by atoms with Gasteiger partial charge < -0.3 is 19.9 Å². The van der Waals surface area contributed by atoms with E-state index < -0.39 is 11.7 Å². The van der Waals surface area contributed by atoms with Crippen molar-refractivity contribution in [2.24, 2.45) is 5.10 Å². The molecule has 0 aliphatic carbocycles. The molecule has 0 atom stereocenters. The number of nitrogens with zero attached hydrogens (tertiary/aromatic N) is 6. The van der Waals surface area contributed by atoms with E-state index in [2.05, 4.69) is 54.0 Å². The Morgan fingerprint density at radius 3 is 2.61 bits per heavy atom. The predicted molar refractivity (Wildman–Crippen MR) is 165 cm³/mol. The van der Waals surface area contributed by atoms with E-state index >= 15 is 0 Å². The summed E-state index contributed by atoms with van der Waals surface area (Å²) in [5.74, 6) is 0.274. The van der Waals surface area contributed by atoms with Crippen LogP contribution in [0.3, 0.4) is 0 Å². The van der Waals surface area contributed by atoms with Crippen molar-refractivity contribution in [2.75, 3.05) is 12.3 Å². The van der Waals surface area contributed by atoms with Crippen molar-refractivity contribution in [1.82, 2.24) is 30.7 Å². The number of benzene rings is 4. The van der Waals surface area contributed by atoms with Gasteiger partial charge in [0.15, 0.2) is 17.2 Å². The lowest BCUT2D eigenvalue weighted by Gasteiger charge is -2.13. The molecule has 6 rings (SSSR count). The normalized spacial score (nSPS) is 11.2. The van der Waals surface area contributed by atoms with Gasteiger partial charge in [0.25, 0.3) is 5.91 Å².